The molecule has 0 bridgehead atoms. The Bertz CT molecular complexity index is 761. The van der Waals surface area contributed by atoms with Gasteiger partial charge >= 0.3 is 0 Å². The second-order valence-corrected chi connectivity index (χ2v) is 6.18. The first-order valence-corrected chi connectivity index (χ1v) is 8.05. The number of H-pyrrole nitrogens is 1. The maximum Gasteiger partial charge on any atom is 0.253 e. The molecular formula is C19H24N2O3. The Kier molecular flexibility index (Phi) is 5.93. The minimum Gasteiger partial charge on any atom is -0.374 e. The largest absolute Gasteiger partial charge is 0.374 e. The predicted molar refractivity (Wildman–Crippen MR) is 94.1 cm³/mol. The Morgan fingerprint density at radius 1 is 1.21 bits per heavy atom. The number of amides is 1. The van der Waals surface area contributed by atoms with Gasteiger partial charge in [0, 0.05) is 23.4 Å². The van der Waals surface area contributed by atoms with Crippen molar-refractivity contribution in [3.63, 3.8) is 0 Å². The first-order valence-electron chi connectivity index (χ1n) is 8.05. The normalized spacial score (nSPS) is 10.9. The highest BCUT2D eigenvalue weighted by molar-refractivity contribution is 5.94. The number of pyridine rings is 1. The van der Waals surface area contributed by atoms with Gasteiger partial charge in [0.25, 0.3) is 11.5 Å². The molecule has 24 heavy (non-hydrogen) atoms. The van der Waals surface area contributed by atoms with Gasteiger partial charge in [-0.15, -0.1) is 0 Å². The zero-order chi connectivity index (χ0) is 17.7. The third kappa shape index (κ3) is 4.80. The molecule has 0 fully saturated rings. The Labute approximate surface area is 142 Å². The number of aromatic nitrogens is 1. The van der Waals surface area contributed by atoms with E-state index in [2.05, 4.69) is 10.3 Å². The molecule has 0 unspecified atom stereocenters. The number of benzene rings is 1. The molecule has 128 valence electrons. The number of hydrogen-bond acceptors (Lipinski definition) is 3. The third-order valence-corrected chi connectivity index (χ3v) is 3.72. The van der Waals surface area contributed by atoms with E-state index in [0.29, 0.717) is 17.7 Å². The van der Waals surface area contributed by atoms with Gasteiger partial charge in [-0.1, -0.05) is 12.1 Å². The van der Waals surface area contributed by atoms with Gasteiger partial charge < -0.3 is 15.0 Å². The lowest BCUT2D eigenvalue weighted by atomic mass is 10.1. The molecule has 5 heteroatoms. The highest BCUT2D eigenvalue weighted by atomic mass is 16.5. The quantitative estimate of drug-likeness (QED) is 0.856. The van der Waals surface area contributed by atoms with Crippen LogP contribution in [-0.2, 0) is 17.9 Å². The highest BCUT2D eigenvalue weighted by Gasteiger charge is 2.09. The third-order valence-electron chi connectivity index (χ3n) is 3.72. The predicted octanol–water partition coefficient (Wildman–Crippen LogP) is 2.85. The number of aromatic amines is 1. The van der Waals surface area contributed by atoms with Crippen molar-refractivity contribution in [1.29, 1.82) is 0 Å². The van der Waals surface area contributed by atoms with E-state index in [1.165, 1.54) is 0 Å². The first-order chi connectivity index (χ1) is 11.4. The fourth-order valence-corrected chi connectivity index (χ4v) is 2.39. The van der Waals surface area contributed by atoms with E-state index >= 15 is 0 Å². The molecular weight excluding hydrogens is 304 g/mol. The van der Waals surface area contributed by atoms with E-state index in [1.54, 1.807) is 12.1 Å². The van der Waals surface area contributed by atoms with E-state index in [4.69, 9.17) is 4.74 Å². The molecule has 1 aromatic heterocycles. The minimum atomic E-state index is -0.203. The van der Waals surface area contributed by atoms with Crippen molar-refractivity contribution in [3.05, 3.63) is 68.6 Å². The summed E-state index contributed by atoms with van der Waals surface area (Å²) in [6.07, 6.45) is 0.170. The summed E-state index contributed by atoms with van der Waals surface area (Å²) in [5, 5.41) is 2.80. The van der Waals surface area contributed by atoms with Crippen LogP contribution in [0.5, 0.6) is 0 Å². The van der Waals surface area contributed by atoms with Crippen LogP contribution in [0.3, 0.4) is 0 Å². The highest BCUT2D eigenvalue weighted by Crippen LogP contribution is 2.08. The van der Waals surface area contributed by atoms with Crippen LogP contribution in [0.4, 0.5) is 0 Å². The van der Waals surface area contributed by atoms with E-state index in [-0.39, 0.29) is 24.1 Å². The van der Waals surface area contributed by atoms with Crippen LogP contribution in [0.25, 0.3) is 0 Å². The Balaban J connectivity index is 1.99. The van der Waals surface area contributed by atoms with Crippen LogP contribution in [0.2, 0.25) is 0 Å². The van der Waals surface area contributed by atoms with Crippen LogP contribution in [-0.4, -0.2) is 17.0 Å². The summed E-state index contributed by atoms with van der Waals surface area (Å²) < 4.78 is 5.53. The lowest BCUT2D eigenvalue weighted by molar-refractivity contribution is 0.0657. The molecule has 0 aliphatic rings. The number of ether oxygens (including phenoxy) is 1. The van der Waals surface area contributed by atoms with Crippen molar-refractivity contribution in [3.8, 4) is 0 Å². The fourth-order valence-electron chi connectivity index (χ4n) is 2.39. The van der Waals surface area contributed by atoms with E-state index in [9.17, 15) is 9.59 Å². The van der Waals surface area contributed by atoms with Crippen molar-refractivity contribution in [1.82, 2.24) is 10.3 Å². The molecule has 1 amide bonds. The van der Waals surface area contributed by atoms with Crippen molar-refractivity contribution in [2.75, 3.05) is 0 Å². The number of carbonyl (C=O) groups excluding carboxylic acids is 1. The monoisotopic (exact) mass is 328 g/mol. The average Bonchev–Trinajstić information content (AvgIpc) is 2.52. The fraction of sp³-hybridized carbons (Fsp3) is 0.368. The number of hydrogen-bond donors (Lipinski definition) is 2. The van der Waals surface area contributed by atoms with Gasteiger partial charge in [-0.05, 0) is 57.0 Å². The standard InChI is InChI=1S/C19H24N2O3/c1-12(2)24-11-15-5-7-16(8-6-15)18(22)20-10-17-13(3)9-14(4)21-19(17)23/h5-9,12H,10-11H2,1-4H3,(H,20,22)(H,21,23). The lowest BCUT2D eigenvalue weighted by Crippen LogP contribution is -2.27. The molecule has 0 radical (unpaired) electrons. The van der Waals surface area contributed by atoms with Gasteiger partial charge in [-0.25, -0.2) is 0 Å². The molecule has 0 spiro atoms. The topological polar surface area (TPSA) is 71.2 Å². The Morgan fingerprint density at radius 3 is 2.46 bits per heavy atom. The molecule has 2 N–H and O–H groups in total. The second kappa shape index (κ2) is 7.93. The van der Waals surface area contributed by atoms with Crippen LogP contribution in [0.15, 0.2) is 35.1 Å². The maximum atomic E-state index is 12.2. The molecule has 5 nitrogen and oxygen atoms in total. The van der Waals surface area contributed by atoms with Gasteiger partial charge in [0.2, 0.25) is 0 Å². The van der Waals surface area contributed by atoms with Gasteiger partial charge in [0.15, 0.2) is 0 Å². The van der Waals surface area contributed by atoms with Crippen molar-refractivity contribution >= 4 is 5.91 Å². The first kappa shape index (κ1) is 17.9. The summed E-state index contributed by atoms with van der Waals surface area (Å²) in [6.45, 7) is 8.40. The molecule has 0 saturated carbocycles. The molecule has 1 heterocycles. The maximum absolute atomic E-state index is 12.2. The average molecular weight is 328 g/mol. The van der Waals surface area contributed by atoms with Crippen molar-refractivity contribution in [2.45, 2.75) is 47.0 Å². The van der Waals surface area contributed by atoms with Gasteiger partial charge in [0.1, 0.15) is 0 Å². The van der Waals surface area contributed by atoms with Crippen molar-refractivity contribution in [2.24, 2.45) is 0 Å². The summed E-state index contributed by atoms with van der Waals surface area (Å²) in [7, 11) is 0. The molecule has 0 saturated heterocycles. The molecule has 2 rings (SSSR count). The van der Waals surface area contributed by atoms with Gasteiger partial charge in [-0.2, -0.15) is 0 Å². The van der Waals surface area contributed by atoms with Crippen LogP contribution >= 0.6 is 0 Å². The van der Waals surface area contributed by atoms with E-state index in [1.807, 2.05) is 45.9 Å². The van der Waals surface area contributed by atoms with Gasteiger partial charge in [0.05, 0.1) is 12.7 Å². The number of nitrogens with one attached hydrogen (secondary N) is 2. The zero-order valence-corrected chi connectivity index (χ0v) is 14.6. The lowest BCUT2D eigenvalue weighted by Gasteiger charge is -2.10. The molecule has 0 aliphatic carbocycles. The van der Waals surface area contributed by atoms with Crippen LogP contribution < -0.4 is 10.9 Å². The zero-order valence-electron chi connectivity index (χ0n) is 14.6. The smallest absolute Gasteiger partial charge is 0.253 e. The molecule has 0 atom stereocenters. The Morgan fingerprint density at radius 2 is 1.88 bits per heavy atom. The van der Waals surface area contributed by atoms with Crippen LogP contribution in [0.1, 0.15) is 46.6 Å². The summed E-state index contributed by atoms with van der Waals surface area (Å²) in [5.74, 6) is -0.203. The molecule has 1 aromatic carbocycles. The SMILES string of the molecule is Cc1cc(C)c(CNC(=O)c2ccc(COC(C)C)cc2)c(=O)[nH]1. The van der Waals surface area contributed by atoms with Crippen molar-refractivity contribution < 1.29 is 9.53 Å². The Hall–Kier alpha value is -2.40. The molecule has 0 aliphatic heterocycles. The summed E-state index contributed by atoms with van der Waals surface area (Å²) in [5.41, 5.74) is 3.69. The minimum absolute atomic E-state index is 0.158. The molecule has 2 aromatic rings. The number of rotatable bonds is 6. The van der Waals surface area contributed by atoms with E-state index in [0.717, 1.165) is 16.8 Å². The van der Waals surface area contributed by atoms with E-state index < -0.39 is 0 Å². The second-order valence-electron chi connectivity index (χ2n) is 6.18. The summed E-state index contributed by atoms with van der Waals surface area (Å²) in [6, 6.07) is 9.18. The van der Waals surface area contributed by atoms with Crippen LogP contribution in [0, 0.1) is 13.8 Å². The van der Waals surface area contributed by atoms with Gasteiger partial charge in [-0.3, -0.25) is 9.59 Å². The summed E-state index contributed by atoms with van der Waals surface area (Å²) in [4.78, 5) is 26.9. The number of aryl methyl sites for hydroxylation is 2. The number of carbonyl (C=O) groups is 1. The summed E-state index contributed by atoms with van der Waals surface area (Å²) >= 11 is 0.